The average Bonchev–Trinajstić information content (AvgIpc) is 2.33. The number of amides is 1. The smallest absolute Gasteiger partial charge is 0.255 e. The predicted molar refractivity (Wildman–Crippen MR) is 66.1 cm³/mol. The van der Waals surface area contributed by atoms with E-state index in [-0.39, 0.29) is 11.3 Å². The van der Waals surface area contributed by atoms with Crippen molar-refractivity contribution in [1.82, 2.24) is 5.32 Å². The number of ether oxygens (including phenoxy) is 1. The van der Waals surface area contributed by atoms with Crippen molar-refractivity contribution < 1.29 is 19.0 Å². The Balaban J connectivity index is 2.32. The van der Waals surface area contributed by atoms with Gasteiger partial charge in [0.25, 0.3) is 5.91 Å². The van der Waals surface area contributed by atoms with E-state index in [1.54, 1.807) is 0 Å². The first-order valence-corrected chi connectivity index (χ1v) is 5.99. The van der Waals surface area contributed by atoms with Crippen LogP contribution in [-0.4, -0.2) is 30.8 Å². The van der Waals surface area contributed by atoms with Gasteiger partial charge in [0.15, 0.2) is 0 Å². The highest BCUT2D eigenvalue weighted by Crippen LogP contribution is 2.17. The van der Waals surface area contributed by atoms with Crippen molar-refractivity contribution in [2.75, 3.05) is 19.8 Å². The molecule has 5 heteroatoms. The maximum atomic E-state index is 12.7. The third kappa shape index (κ3) is 4.71. The Morgan fingerprint density at radius 1 is 1.44 bits per heavy atom. The van der Waals surface area contributed by atoms with Crippen molar-refractivity contribution in [2.45, 2.75) is 19.8 Å². The fourth-order valence-electron chi connectivity index (χ4n) is 1.38. The molecule has 0 aliphatic rings. The van der Waals surface area contributed by atoms with E-state index in [2.05, 4.69) is 12.2 Å². The van der Waals surface area contributed by atoms with Crippen LogP contribution in [0.3, 0.4) is 0 Å². The number of carbonyl (C=O) groups excluding carboxylic acids is 1. The predicted octanol–water partition coefficient (Wildman–Crippen LogP) is 2.08. The van der Waals surface area contributed by atoms with Gasteiger partial charge in [-0.2, -0.15) is 0 Å². The maximum Gasteiger partial charge on any atom is 0.255 e. The minimum Gasteiger partial charge on any atom is -0.507 e. The van der Waals surface area contributed by atoms with Crippen LogP contribution in [0.15, 0.2) is 18.2 Å². The minimum atomic E-state index is -0.577. The van der Waals surface area contributed by atoms with Crippen LogP contribution in [0.4, 0.5) is 4.39 Å². The number of nitrogens with one attached hydrogen (secondary N) is 1. The molecule has 18 heavy (non-hydrogen) atoms. The second kappa shape index (κ2) is 7.66. The fraction of sp³-hybridized carbons (Fsp3) is 0.462. The van der Waals surface area contributed by atoms with Gasteiger partial charge in [-0.1, -0.05) is 13.3 Å². The van der Waals surface area contributed by atoms with E-state index < -0.39 is 11.7 Å². The summed E-state index contributed by atoms with van der Waals surface area (Å²) in [7, 11) is 0. The number of halogens is 1. The lowest BCUT2D eigenvalue weighted by atomic mass is 10.2. The van der Waals surface area contributed by atoms with Crippen LogP contribution in [0.25, 0.3) is 0 Å². The summed E-state index contributed by atoms with van der Waals surface area (Å²) in [6.45, 7) is 3.53. The Morgan fingerprint density at radius 3 is 2.89 bits per heavy atom. The summed E-state index contributed by atoms with van der Waals surface area (Å²) in [5.41, 5.74) is 0.0601. The van der Waals surface area contributed by atoms with Gasteiger partial charge < -0.3 is 15.2 Å². The number of rotatable bonds is 7. The van der Waals surface area contributed by atoms with Gasteiger partial charge in [-0.25, -0.2) is 4.39 Å². The van der Waals surface area contributed by atoms with Crippen LogP contribution < -0.4 is 5.32 Å². The van der Waals surface area contributed by atoms with Crippen molar-refractivity contribution in [1.29, 1.82) is 0 Å². The summed E-state index contributed by atoms with van der Waals surface area (Å²) < 4.78 is 18.0. The van der Waals surface area contributed by atoms with E-state index >= 15 is 0 Å². The first kappa shape index (κ1) is 14.4. The highest BCUT2D eigenvalue weighted by Gasteiger charge is 2.10. The lowest BCUT2D eigenvalue weighted by Gasteiger charge is -2.07. The van der Waals surface area contributed by atoms with Gasteiger partial charge in [-0.3, -0.25) is 4.79 Å². The normalized spacial score (nSPS) is 10.3. The molecule has 4 nitrogen and oxygen atoms in total. The Kier molecular flexibility index (Phi) is 6.14. The molecule has 0 saturated heterocycles. The van der Waals surface area contributed by atoms with Crippen LogP contribution in [0.2, 0.25) is 0 Å². The van der Waals surface area contributed by atoms with Gasteiger partial charge in [0.05, 0.1) is 12.2 Å². The number of phenols is 1. The zero-order valence-electron chi connectivity index (χ0n) is 10.4. The van der Waals surface area contributed by atoms with Crippen molar-refractivity contribution in [2.24, 2.45) is 0 Å². The van der Waals surface area contributed by atoms with Gasteiger partial charge >= 0.3 is 0 Å². The zero-order valence-corrected chi connectivity index (χ0v) is 10.4. The van der Waals surface area contributed by atoms with Crippen LogP contribution in [-0.2, 0) is 4.74 Å². The van der Waals surface area contributed by atoms with Crippen molar-refractivity contribution in [3.05, 3.63) is 29.6 Å². The highest BCUT2D eigenvalue weighted by molar-refractivity contribution is 5.96. The van der Waals surface area contributed by atoms with Crippen molar-refractivity contribution >= 4 is 5.91 Å². The van der Waals surface area contributed by atoms with Crippen LogP contribution in [0.1, 0.15) is 30.1 Å². The topological polar surface area (TPSA) is 58.6 Å². The monoisotopic (exact) mass is 255 g/mol. The Morgan fingerprint density at radius 2 is 2.22 bits per heavy atom. The van der Waals surface area contributed by atoms with Gasteiger partial charge in [0.1, 0.15) is 11.6 Å². The number of aromatic hydroxyl groups is 1. The summed E-state index contributed by atoms with van der Waals surface area (Å²) in [6, 6.07) is 3.29. The molecule has 0 saturated carbocycles. The molecular weight excluding hydrogens is 237 g/mol. The molecule has 1 rings (SSSR count). The van der Waals surface area contributed by atoms with E-state index in [0.29, 0.717) is 19.8 Å². The molecule has 1 aromatic rings. The number of unbranched alkanes of at least 4 members (excludes halogenated alkanes) is 1. The molecule has 0 atom stereocenters. The number of benzene rings is 1. The lowest BCUT2D eigenvalue weighted by Crippen LogP contribution is -2.27. The van der Waals surface area contributed by atoms with Crippen LogP contribution >= 0.6 is 0 Å². The first-order chi connectivity index (χ1) is 8.65. The number of carbonyl (C=O) groups is 1. The first-order valence-electron chi connectivity index (χ1n) is 5.99. The molecule has 2 N–H and O–H groups in total. The van der Waals surface area contributed by atoms with E-state index in [9.17, 15) is 14.3 Å². The minimum absolute atomic E-state index is 0.0601. The van der Waals surface area contributed by atoms with Gasteiger partial charge in [0.2, 0.25) is 0 Å². The Bertz CT molecular complexity index is 396. The molecule has 100 valence electrons. The largest absolute Gasteiger partial charge is 0.507 e. The van der Waals surface area contributed by atoms with Gasteiger partial charge in [0, 0.05) is 19.2 Å². The number of hydrogen-bond donors (Lipinski definition) is 2. The summed E-state index contributed by atoms with van der Waals surface area (Å²) in [4.78, 5) is 11.6. The molecular formula is C13H18FNO3. The summed E-state index contributed by atoms with van der Waals surface area (Å²) in [6.07, 6.45) is 2.06. The Labute approximate surface area is 106 Å². The fourth-order valence-corrected chi connectivity index (χ4v) is 1.38. The van der Waals surface area contributed by atoms with Crippen molar-refractivity contribution in [3.8, 4) is 5.75 Å². The Hall–Kier alpha value is -1.62. The second-order valence-corrected chi connectivity index (χ2v) is 3.88. The van der Waals surface area contributed by atoms with E-state index in [1.165, 1.54) is 6.07 Å². The second-order valence-electron chi connectivity index (χ2n) is 3.88. The quantitative estimate of drug-likeness (QED) is 0.733. The highest BCUT2D eigenvalue weighted by atomic mass is 19.1. The molecule has 0 aliphatic heterocycles. The number of phenolic OH excluding ortho intramolecular Hbond substituents is 1. The standard InChI is InChI=1S/C13H18FNO3/c1-2-3-7-18-8-6-15-13(17)11-5-4-10(14)9-12(11)16/h4-5,9,16H,2-3,6-8H2,1H3,(H,15,17). The van der Waals surface area contributed by atoms with Gasteiger partial charge in [-0.15, -0.1) is 0 Å². The molecule has 0 bridgehead atoms. The third-order valence-corrected chi connectivity index (χ3v) is 2.38. The van der Waals surface area contributed by atoms with E-state index in [4.69, 9.17) is 4.74 Å². The molecule has 0 aliphatic carbocycles. The molecule has 0 fully saturated rings. The average molecular weight is 255 g/mol. The zero-order chi connectivity index (χ0) is 13.4. The van der Waals surface area contributed by atoms with E-state index in [1.807, 2.05) is 0 Å². The SMILES string of the molecule is CCCCOCCNC(=O)c1ccc(F)cc1O. The van der Waals surface area contributed by atoms with Crippen molar-refractivity contribution in [3.63, 3.8) is 0 Å². The van der Waals surface area contributed by atoms with Gasteiger partial charge in [-0.05, 0) is 18.6 Å². The number of hydrogen-bond acceptors (Lipinski definition) is 3. The van der Waals surface area contributed by atoms with E-state index in [0.717, 1.165) is 25.0 Å². The summed E-state index contributed by atoms with van der Waals surface area (Å²) in [5.74, 6) is -1.38. The maximum absolute atomic E-state index is 12.7. The van der Waals surface area contributed by atoms with Crippen LogP contribution in [0, 0.1) is 5.82 Å². The molecule has 0 aromatic heterocycles. The molecule has 0 radical (unpaired) electrons. The molecule has 0 spiro atoms. The third-order valence-electron chi connectivity index (χ3n) is 2.38. The molecule has 1 aromatic carbocycles. The molecule has 0 unspecified atom stereocenters. The summed E-state index contributed by atoms with van der Waals surface area (Å²) in [5, 5.41) is 12.0. The van der Waals surface area contributed by atoms with Crippen LogP contribution in [0.5, 0.6) is 5.75 Å². The molecule has 0 heterocycles. The lowest BCUT2D eigenvalue weighted by molar-refractivity contribution is 0.0910. The molecule has 1 amide bonds. The summed E-state index contributed by atoms with van der Waals surface area (Å²) >= 11 is 0.